The molecule has 0 fully saturated rings. The minimum atomic E-state index is -0.649. The summed E-state index contributed by atoms with van der Waals surface area (Å²) in [7, 11) is 0. The number of amides is 1. The molecule has 0 unspecified atom stereocenters. The summed E-state index contributed by atoms with van der Waals surface area (Å²) >= 11 is 1.84. The van der Waals surface area contributed by atoms with E-state index in [0.29, 0.717) is 0 Å². The van der Waals surface area contributed by atoms with Crippen molar-refractivity contribution in [3.8, 4) is 9.85 Å². The molecule has 6 heteroatoms. The van der Waals surface area contributed by atoms with E-state index in [0.717, 1.165) is 0 Å². The van der Waals surface area contributed by atoms with Gasteiger partial charge < -0.3 is 14.8 Å². The highest BCUT2D eigenvalue weighted by molar-refractivity contribution is 14.1. The van der Waals surface area contributed by atoms with Crippen LogP contribution in [0.3, 0.4) is 0 Å². The number of alkyl carbamates (subject to hydrolysis) is 1. The van der Waals surface area contributed by atoms with E-state index in [2.05, 4.69) is 19.9 Å². The topological polar surface area (TPSA) is 64.6 Å². The lowest BCUT2D eigenvalue weighted by molar-refractivity contribution is -0.141. The first-order valence-corrected chi connectivity index (χ1v) is 5.64. The monoisotopic (exact) mass is 339 g/mol. The van der Waals surface area contributed by atoms with Crippen molar-refractivity contribution >= 4 is 34.7 Å². The van der Waals surface area contributed by atoms with Crippen LogP contribution in [-0.2, 0) is 14.3 Å². The largest absolute Gasteiger partial charge is 0.451 e. The highest BCUT2D eigenvalue weighted by atomic mass is 127. The number of hydrogen-bond acceptors (Lipinski definition) is 4. The lowest BCUT2D eigenvalue weighted by atomic mass is 10.2. The van der Waals surface area contributed by atoms with Crippen molar-refractivity contribution in [2.45, 2.75) is 26.4 Å². The van der Waals surface area contributed by atoms with Crippen molar-refractivity contribution in [2.75, 3.05) is 13.2 Å². The van der Waals surface area contributed by atoms with Crippen LogP contribution in [0.5, 0.6) is 0 Å². The van der Waals surface area contributed by atoms with Gasteiger partial charge in [0.2, 0.25) is 0 Å². The molecule has 0 atom stereocenters. The van der Waals surface area contributed by atoms with Gasteiger partial charge in [-0.3, -0.25) is 4.79 Å². The van der Waals surface area contributed by atoms with Gasteiger partial charge in [0.1, 0.15) is 12.1 Å². The van der Waals surface area contributed by atoms with Crippen LogP contribution in [0.4, 0.5) is 4.79 Å². The van der Waals surface area contributed by atoms with Crippen molar-refractivity contribution < 1.29 is 19.1 Å². The predicted molar refractivity (Wildman–Crippen MR) is 67.0 cm³/mol. The summed E-state index contributed by atoms with van der Waals surface area (Å²) in [6, 6.07) is 0. The van der Waals surface area contributed by atoms with E-state index < -0.39 is 17.7 Å². The average Bonchev–Trinajstić information content (AvgIpc) is 2.12. The molecule has 0 radical (unpaired) electrons. The van der Waals surface area contributed by atoms with Gasteiger partial charge >= 0.3 is 12.1 Å². The number of carbonyl (C=O) groups is 2. The van der Waals surface area contributed by atoms with Crippen molar-refractivity contribution in [3.05, 3.63) is 0 Å². The lowest BCUT2D eigenvalue weighted by Gasteiger charge is -2.19. The number of hydrogen-bond donors (Lipinski definition) is 1. The second kappa shape index (κ2) is 7.33. The Morgan fingerprint density at radius 2 is 2.00 bits per heavy atom. The molecule has 0 aromatic carbocycles. The smallest absolute Gasteiger partial charge is 0.408 e. The van der Waals surface area contributed by atoms with Gasteiger partial charge in [-0.25, -0.2) is 4.79 Å². The minimum absolute atomic E-state index is 0.0256. The molecule has 0 aromatic heterocycles. The first-order valence-electron chi connectivity index (χ1n) is 4.56. The van der Waals surface area contributed by atoms with Gasteiger partial charge in [0, 0.05) is 22.6 Å². The Morgan fingerprint density at radius 1 is 1.38 bits per heavy atom. The van der Waals surface area contributed by atoms with Gasteiger partial charge in [0.15, 0.2) is 6.61 Å². The number of halogens is 1. The first-order chi connectivity index (χ1) is 7.35. The maximum Gasteiger partial charge on any atom is 0.408 e. The Bertz CT molecular complexity index is 311. The maximum atomic E-state index is 11.1. The SMILES string of the molecule is CC(C)(C)OC(=O)NCC(=O)OCC#CI. The molecular formula is C10H14INO4. The summed E-state index contributed by atoms with van der Waals surface area (Å²) in [5.41, 5.74) is -0.583. The van der Waals surface area contributed by atoms with E-state index in [4.69, 9.17) is 4.74 Å². The molecule has 0 rings (SSSR count). The molecule has 0 bridgehead atoms. The van der Waals surface area contributed by atoms with Gasteiger partial charge in [-0.15, -0.1) is 0 Å². The van der Waals surface area contributed by atoms with Gasteiger partial charge in [-0.05, 0) is 24.7 Å². The van der Waals surface area contributed by atoms with Crippen LogP contribution < -0.4 is 5.32 Å². The zero-order valence-electron chi connectivity index (χ0n) is 9.43. The van der Waals surface area contributed by atoms with Crippen LogP contribution in [0.1, 0.15) is 20.8 Å². The normalized spacial score (nSPS) is 9.75. The molecule has 90 valence electrons. The summed E-state index contributed by atoms with van der Waals surface area (Å²) in [4.78, 5) is 22.1. The third kappa shape index (κ3) is 9.58. The van der Waals surface area contributed by atoms with E-state index in [-0.39, 0.29) is 13.2 Å². The molecule has 1 amide bonds. The average molecular weight is 339 g/mol. The number of rotatable bonds is 3. The molecule has 0 spiro atoms. The third-order valence-electron chi connectivity index (χ3n) is 1.15. The summed E-state index contributed by atoms with van der Waals surface area (Å²) in [6.07, 6.45) is -0.649. The number of ether oxygens (including phenoxy) is 2. The number of carbonyl (C=O) groups excluding carboxylic acids is 2. The Labute approximate surface area is 108 Å². The van der Waals surface area contributed by atoms with Gasteiger partial charge in [-0.1, -0.05) is 5.92 Å². The molecule has 16 heavy (non-hydrogen) atoms. The second-order valence-electron chi connectivity index (χ2n) is 3.79. The quantitative estimate of drug-likeness (QED) is 0.480. The fourth-order valence-electron chi connectivity index (χ4n) is 0.653. The fourth-order valence-corrected chi connectivity index (χ4v) is 0.809. The lowest BCUT2D eigenvalue weighted by Crippen LogP contribution is -2.36. The summed E-state index contributed by atoms with van der Waals surface area (Å²) in [6.45, 7) is 5.01. The Morgan fingerprint density at radius 3 is 2.50 bits per heavy atom. The van der Waals surface area contributed by atoms with Crippen molar-refractivity contribution in [1.29, 1.82) is 0 Å². The van der Waals surface area contributed by atoms with Crippen molar-refractivity contribution in [1.82, 2.24) is 5.32 Å². The zero-order chi connectivity index (χ0) is 12.6. The van der Waals surface area contributed by atoms with Crippen molar-refractivity contribution in [3.63, 3.8) is 0 Å². The summed E-state index contributed by atoms with van der Waals surface area (Å²) in [5.74, 6) is 2.00. The van der Waals surface area contributed by atoms with E-state index in [9.17, 15) is 9.59 Å². The van der Waals surface area contributed by atoms with Crippen LogP contribution in [0.2, 0.25) is 0 Å². The molecule has 0 aliphatic carbocycles. The molecule has 0 saturated carbocycles. The molecule has 0 saturated heterocycles. The highest BCUT2D eigenvalue weighted by Gasteiger charge is 2.16. The summed E-state index contributed by atoms with van der Waals surface area (Å²) in [5, 5.41) is 2.28. The van der Waals surface area contributed by atoms with Gasteiger partial charge in [0.05, 0.1) is 0 Å². The van der Waals surface area contributed by atoms with E-state index in [1.807, 2.05) is 22.6 Å². The molecule has 0 heterocycles. The zero-order valence-corrected chi connectivity index (χ0v) is 11.6. The number of esters is 1. The van der Waals surface area contributed by atoms with Crippen LogP contribution >= 0.6 is 22.6 Å². The molecule has 0 aliphatic rings. The molecule has 1 N–H and O–H groups in total. The predicted octanol–water partition coefficient (Wildman–Crippen LogP) is 1.45. The molecule has 0 aromatic rings. The Hall–Kier alpha value is -0.970. The fraction of sp³-hybridized carbons (Fsp3) is 0.600. The first kappa shape index (κ1) is 15.0. The van der Waals surface area contributed by atoms with Crippen LogP contribution in [0.15, 0.2) is 0 Å². The van der Waals surface area contributed by atoms with Crippen LogP contribution in [-0.4, -0.2) is 30.8 Å². The van der Waals surface area contributed by atoms with Crippen LogP contribution in [0, 0.1) is 9.85 Å². The molecule has 5 nitrogen and oxygen atoms in total. The Balaban J connectivity index is 3.74. The Kier molecular flexibility index (Phi) is 6.88. The van der Waals surface area contributed by atoms with Gasteiger partial charge in [0.25, 0.3) is 0 Å². The molecule has 0 aliphatic heterocycles. The molecular weight excluding hydrogens is 325 g/mol. The van der Waals surface area contributed by atoms with E-state index in [1.165, 1.54) is 0 Å². The standard InChI is InChI=1S/C10H14INO4/c1-10(2,3)16-9(14)12-7-8(13)15-6-4-5-11/h6-7H2,1-3H3,(H,12,14). The number of nitrogens with one attached hydrogen (secondary N) is 1. The minimum Gasteiger partial charge on any atom is -0.451 e. The van der Waals surface area contributed by atoms with Crippen molar-refractivity contribution in [2.24, 2.45) is 0 Å². The second-order valence-corrected chi connectivity index (χ2v) is 4.33. The third-order valence-corrected chi connectivity index (χ3v) is 1.53. The van der Waals surface area contributed by atoms with Crippen LogP contribution in [0.25, 0.3) is 0 Å². The maximum absolute atomic E-state index is 11.1. The van der Waals surface area contributed by atoms with Gasteiger partial charge in [-0.2, -0.15) is 0 Å². The van der Waals surface area contributed by atoms with E-state index >= 15 is 0 Å². The highest BCUT2D eigenvalue weighted by Crippen LogP contribution is 2.05. The summed E-state index contributed by atoms with van der Waals surface area (Å²) < 4.78 is 12.2. The van der Waals surface area contributed by atoms with E-state index in [1.54, 1.807) is 20.8 Å².